The molecule has 1 N–H and O–H groups in total. The van der Waals surface area contributed by atoms with Crippen molar-refractivity contribution in [1.82, 2.24) is 4.98 Å². The lowest BCUT2D eigenvalue weighted by atomic mass is 10.2. The highest BCUT2D eigenvalue weighted by Crippen LogP contribution is 2.25. The number of ether oxygens (including phenoxy) is 1. The van der Waals surface area contributed by atoms with Gasteiger partial charge in [0.05, 0.1) is 12.0 Å². The maximum atomic E-state index is 11.2. The molecule has 6 heteroatoms. The molecule has 1 aromatic carbocycles. The number of carbonyl (C=O) groups excluding carboxylic acids is 1. The number of benzene rings is 1. The molecular weight excluding hydrogens is 212 g/mol. The third kappa shape index (κ3) is 1.50. The summed E-state index contributed by atoms with van der Waals surface area (Å²) in [4.78, 5) is 24.2. The van der Waals surface area contributed by atoms with Gasteiger partial charge in [0.1, 0.15) is 11.2 Å². The molecule has 1 aromatic heterocycles. The van der Waals surface area contributed by atoms with Crippen molar-refractivity contribution in [2.75, 3.05) is 7.11 Å². The van der Waals surface area contributed by atoms with Crippen LogP contribution in [0, 0.1) is 10.1 Å². The quantitative estimate of drug-likeness (QED) is 0.475. The average molecular weight is 220 g/mol. The molecule has 0 spiro atoms. The number of hydrogen-bond acceptors (Lipinski definition) is 4. The number of methoxy groups -OCH3 is 1. The van der Waals surface area contributed by atoms with Crippen LogP contribution in [0.5, 0.6) is 0 Å². The van der Waals surface area contributed by atoms with Crippen LogP contribution in [-0.4, -0.2) is 23.0 Å². The lowest BCUT2D eigenvalue weighted by Gasteiger charge is -1.93. The van der Waals surface area contributed by atoms with Crippen molar-refractivity contribution < 1.29 is 14.5 Å². The fraction of sp³-hybridized carbons (Fsp3) is 0.100. The van der Waals surface area contributed by atoms with Crippen LogP contribution in [-0.2, 0) is 4.74 Å². The minimum absolute atomic E-state index is 0.0624. The zero-order chi connectivity index (χ0) is 11.7. The van der Waals surface area contributed by atoms with Crippen LogP contribution in [0.1, 0.15) is 10.5 Å². The number of esters is 1. The number of hydrogen-bond donors (Lipinski definition) is 1. The number of fused-ring (bicyclic) bond motifs is 1. The third-order valence-corrected chi connectivity index (χ3v) is 2.24. The number of rotatable bonds is 2. The van der Waals surface area contributed by atoms with Gasteiger partial charge in [0.25, 0.3) is 5.69 Å². The molecule has 0 aliphatic rings. The van der Waals surface area contributed by atoms with Crippen molar-refractivity contribution in [1.29, 1.82) is 0 Å². The maximum absolute atomic E-state index is 11.2. The number of nitrogens with one attached hydrogen (secondary N) is 1. The fourth-order valence-corrected chi connectivity index (χ4v) is 1.51. The van der Waals surface area contributed by atoms with Gasteiger partial charge < -0.3 is 9.72 Å². The van der Waals surface area contributed by atoms with Gasteiger partial charge in [-0.15, -0.1) is 0 Å². The Kier molecular flexibility index (Phi) is 2.32. The van der Waals surface area contributed by atoms with Crippen LogP contribution in [0.2, 0.25) is 0 Å². The Bertz CT molecular complexity index is 573. The van der Waals surface area contributed by atoms with Gasteiger partial charge in [-0.1, -0.05) is 12.1 Å². The first-order valence-corrected chi connectivity index (χ1v) is 4.48. The molecule has 2 rings (SSSR count). The normalized spacial score (nSPS) is 10.3. The molecule has 0 bridgehead atoms. The molecule has 0 saturated carbocycles. The van der Waals surface area contributed by atoms with Gasteiger partial charge in [-0.2, -0.15) is 0 Å². The van der Waals surface area contributed by atoms with Gasteiger partial charge in [0.15, 0.2) is 0 Å². The van der Waals surface area contributed by atoms with E-state index >= 15 is 0 Å². The summed E-state index contributed by atoms with van der Waals surface area (Å²) in [6.07, 6.45) is 0. The second-order valence-electron chi connectivity index (χ2n) is 3.17. The number of aromatic nitrogens is 1. The van der Waals surface area contributed by atoms with Gasteiger partial charge in [-0.3, -0.25) is 10.1 Å². The van der Waals surface area contributed by atoms with E-state index in [2.05, 4.69) is 9.72 Å². The van der Waals surface area contributed by atoms with E-state index in [1.165, 1.54) is 19.2 Å². The van der Waals surface area contributed by atoms with E-state index in [1.807, 2.05) is 0 Å². The number of aromatic amines is 1. The number of H-pyrrole nitrogens is 1. The Labute approximate surface area is 90.0 Å². The van der Waals surface area contributed by atoms with Gasteiger partial charge in [-0.25, -0.2) is 4.79 Å². The van der Waals surface area contributed by atoms with Gasteiger partial charge >= 0.3 is 5.97 Å². The molecule has 0 atom stereocenters. The SMILES string of the molecule is COC(=O)c1cc2cccc([N+](=O)[O-])c2[nH]1. The second-order valence-corrected chi connectivity index (χ2v) is 3.17. The van der Waals surface area contributed by atoms with Crippen LogP contribution in [0.25, 0.3) is 10.9 Å². The summed E-state index contributed by atoms with van der Waals surface area (Å²) < 4.78 is 4.53. The summed E-state index contributed by atoms with van der Waals surface area (Å²) in [7, 11) is 1.25. The van der Waals surface area contributed by atoms with Crippen molar-refractivity contribution in [3.05, 3.63) is 40.1 Å². The summed E-state index contributed by atoms with van der Waals surface area (Å²) in [6, 6.07) is 6.15. The third-order valence-electron chi connectivity index (χ3n) is 2.24. The molecule has 0 radical (unpaired) electrons. The predicted molar refractivity (Wildman–Crippen MR) is 56.3 cm³/mol. The highest BCUT2D eigenvalue weighted by molar-refractivity contribution is 5.97. The number of non-ortho nitro benzene ring substituents is 1. The van der Waals surface area contributed by atoms with E-state index in [-0.39, 0.29) is 11.4 Å². The van der Waals surface area contributed by atoms with Crippen LogP contribution in [0.15, 0.2) is 24.3 Å². The van der Waals surface area contributed by atoms with E-state index in [9.17, 15) is 14.9 Å². The van der Waals surface area contributed by atoms with Crippen molar-refractivity contribution in [2.45, 2.75) is 0 Å². The minimum atomic E-state index is -0.550. The smallest absolute Gasteiger partial charge is 0.354 e. The number of para-hydroxylation sites is 1. The van der Waals surface area contributed by atoms with Crippen LogP contribution >= 0.6 is 0 Å². The zero-order valence-electron chi connectivity index (χ0n) is 8.39. The lowest BCUT2D eigenvalue weighted by molar-refractivity contribution is -0.383. The molecule has 16 heavy (non-hydrogen) atoms. The lowest BCUT2D eigenvalue weighted by Crippen LogP contribution is -2.00. The number of nitro benzene ring substituents is 1. The van der Waals surface area contributed by atoms with Crippen molar-refractivity contribution in [3.8, 4) is 0 Å². The molecule has 0 aliphatic heterocycles. The van der Waals surface area contributed by atoms with Gasteiger partial charge in [-0.05, 0) is 6.07 Å². The maximum Gasteiger partial charge on any atom is 0.354 e. The van der Waals surface area contributed by atoms with E-state index in [0.717, 1.165) is 0 Å². The molecular formula is C10H8N2O4. The Morgan fingerprint density at radius 1 is 1.50 bits per heavy atom. The second kappa shape index (κ2) is 3.65. The molecule has 1 heterocycles. The minimum Gasteiger partial charge on any atom is -0.464 e. The summed E-state index contributed by atoms with van der Waals surface area (Å²) in [5.41, 5.74) is 0.465. The Hall–Kier alpha value is -2.37. The molecule has 0 unspecified atom stereocenters. The highest BCUT2D eigenvalue weighted by Gasteiger charge is 2.16. The molecule has 6 nitrogen and oxygen atoms in total. The summed E-state index contributed by atoms with van der Waals surface area (Å²) in [5, 5.41) is 11.3. The molecule has 2 aromatic rings. The predicted octanol–water partition coefficient (Wildman–Crippen LogP) is 1.86. The van der Waals surface area contributed by atoms with Crippen molar-refractivity contribution in [3.63, 3.8) is 0 Å². The first-order valence-electron chi connectivity index (χ1n) is 4.48. The van der Waals surface area contributed by atoms with Crippen LogP contribution < -0.4 is 0 Å². The fourth-order valence-electron chi connectivity index (χ4n) is 1.51. The van der Waals surface area contributed by atoms with E-state index in [4.69, 9.17) is 0 Å². The first-order chi connectivity index (χ1) is 7.63. The van der Waals surface area contributed by atoms with E-state index in [1.54, 1.807) is 12.1 Å². The molecule has 0 fully saturated rings. The van der Waals surface area contributed by atoms with Crippen LogP contribution in [0.3, 0.4) is 0 Å². The molecule has 0 aliphatic carbocycles. The number of nitrogens with zero attached hydrogens (tertiary/aromatic N) is 1. The van der Waals surface area contributed by atoms with Crippen molar-refractivity contribution in [2.24, 2.45) is 0 Å². The highest BCUT2D eigenvalue weighted by atomic mass is 16.6. The topological polar surface area (TPSA) is 85.2 Å². The van der Waals surface area contributed by atoms with E-state index < -0.39 is 10.9 Å². The van der Waals surface area contributed by atoms with Gasteiger partial charge in [0, 0.05) is 11.5 Å². The molecule has 82 valence electrons. The standard InChI is InChI=1S/C10H8N2O4/c1-16-10(13)7-5-6-3-2-4-8(12(14)15)9(6)11-7/h2-5,11H,1H3. The first kappa shape index (κ1) is 10.2. The zero-order valence-corrected chi connectivity index (χ0v) is 8.39. The molecule has 0 amide bonds. The Balaban J connectivity index is 2.65. The summed E-state index contributed by atoms with van der Waals surface area (Å²) >= 11 is 0. The molecule has 0 saturated heterocycles. The number of carbonyl (C=O) groups is 1. The largest absolute Gasteiger partial charge is 0.464 e. The Morgan fingerprint density at radius 3 is 2.88 bits per heavy atom. The monoisotopic (exact) mass is 220 g/mol. The summed E-state index contributed by atoms with van der Waals surface area (Å²) in [6.45, 7) is 0. The Morgan fingerprint density at radius 2 is 2.25 bits per heavy atom. The summed E-state index contributed by atoms with van der Waals surface area (Å²) in [5.74, 6) is -0.550. The van der Waals surface area contributed by atoms with Crippen LogP contribution in [0.4, 0.5) is 5.69 Å². The van der Waals surface area contributed by atoms with Crippen molar-refractivity contribution >= 4 is 22.6 Å². The van der Waals surface area contributed by atoms with Gasteiger partial charge in [0.2, 0.25) is 0 Å². The number of nitro groups is 1. The van der Waals surface area contributed by atoms with E-state index in [0.29, 0.717) is 10.9 Å². The average Bonchev–Trinajstić information content (AvgIpc) is 2.70.